The quantitative estimate of drug-likeness (QED) is 0.703. The fourth-order valence-corrected chi connectivity index (χ4v) is 2.50. The maximum atomic E-state index is 11.7. The lowest BCUT2D eigenvalue weighted by Gasteiger charge is -2.20. The molecule has 0 aliphatic rings. The topological polar surface area (TPSA) is 102 Å². The zero-order valence-corrected chi connectivity index (χ0v) is 15.5. The number of nitrogens with one attached hydrogen (secondary N) is 2. The molecule has 1 aromatic rings. The summed E-state index contributed by atoms with van der Waals surface area (Å²) in [6, 6.07) is 4.38. The SMILES string of the molecule is CC(C)(C)OC(=O)Nc1ccc(C(=O)NS(C)(=O)=O)cc1I. The van der Waals surface area contributed by atoms with Crippen LogP contribution < -0.4 is 10.0 Å². The van der Waals surface area contributed by atoms with Crippen LogP contribution in [0, 0.1) is 3.57 Å². The number of rotatable bonds is 3. The monoisotopic (exact) mass is 440 g/mol. The van der Waals surface area contributed by atoms with Crippen molar-refractivity contribution in [3.8, 4) is 0 Å². The maximum Gasteiger partial charge on any atom is 0.412 e. The number of amides is 2. The van der Waals surface area contributed by atoms with Crippen LogP contribution in [0.5, 0.6) is 0 Å². The Morgan fingerprint density at radius 3 is 2.27 bits per heavy atom. The lowest BCUT2D eigenvalue weighted by atomic mass is 10.2. The van der Waals surface area contributed by atoms with Crippen molar-refractivity contribution in [3.05, 3.63) is 27.3 Å². The maximum absolute atomic E-state index is 11.7. The number of halogens is 1. The van der Waals surface area contributed by atoms with Crippen LogP contribution >= 0.6 is 22.6 Å². The summed E-state index contributed by atoms with van der Waals surface area (Å²) in [5.41, 5.74) is 0.0143. The molecule has 0 bridgehead atoms. The van der Waals surface area contributed by atoms with Crippen molar-refractivity contribution >= 4 is 50.3 Å². The molecule has 2 amide bonds. The Balaban J connectivity index is 2.86. The molecule has 1 rings (SSSR count). The molecule has 0 aliphatic carbocycles. The number of benzene rings is 1. The molecular formula is C13H17IN2O5S. The molecule has 7 nitrogen and oxygen atoms in total. The first-order valence-electron chi connectivity index (χ1n) is 6.19. The zero-order valence-electron chi connectivity index (χ0n) is 12.6. The second-order valence-corrected chi connectivity index (χ2v) is 8.44. The minimum Gasteiger partial charge on any atom is -0.444 e. The normalized spacial score (nSPS) is 11.7. The first kappa shape index (κ1) is 18.7. The van der Waals surface area contributed by atoms with E-state index in [-0.39, 0.29) is 5.56 Å². The number of carbonyl (C=O) groups is 2. The van der Waals surface area contributed by atoms with Gasteiger partial charge in [0.05, 0.1) is 11.9 Å². The number of hydrogen-bond acceptors (Lipinski definition) is 5. The second kappa shape index (κ2) is 6.82. The molecule has 0 aromatic heterocycles. The Hall–Kier alpha value is -1.36. The standard InChI is InChI=1S/C13H17IN2O5S/c1-13(2,3)21-12(18)15-10-6-5-8(7-9(10)14)11(17)16-22(4,19)20/h5-7H,1-4H3,(H,15,18)(H,16,17). The molecule has 0 spiro atoms. The molecule has 9 heteroatoms. The van der Waals surface area contributed by atoms with Gasteiger partial charge in [0, 0.05) is 9.13 Å². The van der Waals surface area contributed by atoms with Gasteiger partial charge in [0.2, 0.25) is 10.0 Å². The molecule has 0 aliphatic heterocycles. The number of anilines is 1. The smallest absolute Gasteiger partial charge is 0.412 e. The van der Waals surface area contributed by atoms with Crippen LogP contribution in [0.2, 0.25) is 0 Å². The van der Waals surface area contributed by atoms with E-state index in [4.69, 9.17) is 4.74 Å². The molecule has 0 saturated heterocycles. The van der Waals surface area contributed by atoms with Gasteiger partial charge < -0.3 is 4.74 Å². The van der Waals surface area contributed by atoms with Crippen molar-refractivity contribution in [1.29, 1.82) is 0 Å². The van der Waals surface area contributed by atoms with Crippen molar-refractivity contribution in [2.24, 2.45) is 0 Å². The third-order valence-electron chi connectivity index (χ3n) is 2.14. The van der Waals surface area contributed by atoms with Crippen molar-refractivity contribution in [2.75, 3.05) is 11.6 Å². The van der Waals surface area contributed by atoms with Gasteiger partial charge in [0.1, 0.15) is 5.60 Å². The largest absolute Gasteiger partial charge is 0.444 e. The van der Waals surface area contributed by atoms with Crippen molar-refractivity contribution in [1.82, 2.24) is 4.72 Å². The van der Waals surface area contributed by atoms with Gasteiger partial charge in [-0.2, -0.15) is 0 Å². The molecule has 0 atom stereocenters. The van der Waals surface area contributed by atoms with E-state index in [1.165, 1.54) is 18.2 Å². The van der Waals surface area contributed by atoms with E-state index in [1.807, 2.05) is 27.3 Å². The summed E-state index contributed by atoms with van der Waals surface area (Å²) >= 11 is 1.93. The molecule has 0 unspecified atom stereocenters. The first-order valence-corrected chi connectivity index (χ1v) is 9.16. The van der Waals surface area contributed by atoms with Crippen LogP contribution in [0.4, 0.5) is 10.5 Å². The molecular weight excluding hydrogens is 423 g/mol. The second-order valence-electron chi connectivity index (χ2n) is 5.52. The average Bonchev–Trinajstić information content (AvgIpc) is 2.26. The van der Waals surface area contributed by atoms with Gasteiger partial charge in [-0.1, -0.05) is 0 Å². The predicted molar refractivity (Wildman–Crippen MR) is 91.3 cm³/mol. The van der Waals surface area contributed by atoms with Gasteiger partial charge in [-0.05, 0) is 61.6 Å². The Bertz CT molecular complexity index is 695. The molecule has 0 fully saturated rings. The van der Waals surface area contributed by atoms with Crippen LogP contribution in [0.3, 0.4) is 0 Å². The van der Waals surface area contributed by atoms with Gasteiger partial charge in [-0.25, -0.2) is 17.9 Å². The van der Waals surface area contributed by atoms with E-state index in [2.05, 4.69) is 5.32 Å². The summed E-state index contributed by atoms with van der Waals surface area (Å²) in [6.45, 7) is 5.24. The minimum absolute atomic E-state index is 0.171. The van der Waals surface area contributed by atoms with Gasteiger partial charge in [-0.3, -0.25) is 10.1 Å². The van der Waals surface area contributed by atoms with E-state index in [0.29, 0.717) is 9.26 Å². The summed E-state index contributed by atoms with van der Waals surface area (Å²) in [6.07, 6.45) is 0.285. The van der Waals surface area contributed by atoms with Crippen LogP contribution in [0.15, 0.2) is 18.2 Å². The summed E-state index contributed by atoms with van der Waals surface area (Å²) in [5, 5.41) is 2.56. The van der Waals surface area contributed by atoms with E-state index in [9.17, 15) is 18.0 Å². The lowest BCUT2D eigenvalue weighted by molar-refractivity contribution is 0.0635. The zero-order chi connectivity index (χ0) is 17.1. The highest BCUT2D eigenvalue weighted by molar-refractivity contribution is 14.1. The summed E-state index contributed by atoms with van der Waals surface area (Å²) < 4.78 is 29.6. The molecule has 122 valence electrons. The summed E-state index contributed by atoms with van der Waals surface area (Å²) in [7, 11) is -3.63. The predicted octanol–water partition coefficient (Wildman–Crippen LogP) is 2.33. The van der Waals surface area contributed by atoms with Crippen molar-refractivity contribution in [2.45, 2.75) is 26.4 Å². The summed E-state index contributed by atoms with van der Waals surface area (Å²) in [4.78, 5) is 23.4. The van der Waals surface area contributed by atoms with E-state index >= 15 is 0 Å². The van der Waals surface area contributed by atoms with Crippen LogP contribution in [-0.4, -0.2) is 32.3 Å². The Morgan fingerprint density at radius 2 is 1.82 bits per heavy atom. The van der Waals surface area contributed by atoms with Crippen LogP contribution in [-0.2, 0) is 14.8 Å². The third-order valence-corrected chi connectivity index (χ3v) is 3.59. The van der Waals surface area contributed by atoms with Crippen LogP contribution in [0.1, 0.15) is 31.1 Å². The molecule has 2 N–H and O–H groups in total. The lowest BCUT2D eigenvalue weighted by Crippen LogP contribution is -2.29. The summed E-state index contributed by atoms with van der Waals surface area (Å²) in [5.74, 6) is -0.732. The molecule has 0 radical (unpaired) electrons. The minimum atomic E-state index is -3.63. The first-order chi connectivity index (χ1) is 9.87. The van der Waals surface area contributed by atoms with E-state index in [0.717, 1.165) is 6.26 Å². The molecule has 22 heavy (non-hydrogen) atoms. The molecule has 1 aromatic carbocycles. The number of ether oxygens (including phenoxy) is 1. The highest BCUT2D eigenvalue weighted by atomic mass is 127. The third kappa shape index (κ3) is 6.60. The van der Waals surface area contributed by atoms with E-state index in [1.54, 1.807) is 20.8 Å². The number of sulfonamides is 1. The molecule has 0 heterocycles. The fraction of sp³-hybridized carbons (Fsp3) is 0.385. The van der Waals surface area contributed by atoms with Gasteiger partial charge in [-0.15, -0.1) is 0 Å². The fourth-order valence-electron chi connectivity index (χ4n) is 1.40. The van der Waals surface area contributed by atoms with Gasteiger partial charge >= 0.3 is 6.09 Å². The Labute approximate surface area is 143 Å². The highest BCUT2D eigenvalue weighted by Gasteiger charge is 2.18. The Kier molecular flexibility index (Phi) is 5.79. The van der Waals surface area contributed by atoms with Gasteiger partial charge in [0.25, 0.3) is 5.91 Å². The van der Waals surface area contributed by atoms with Crippen LogP contribution in [0.25, 0.3) is 0 Å². The number of carbonyl (C=O) groups excluding carboxylic acids is 2. The van der Waals surface area contributed by atoms with Crippen molar-refractivity contribution in [3.63, 3.8) is 0 Å². The van der Waals surface area contributed by atoms with Gasteiger partial charge in [0.15, 0.2) is 0 Å². The van der Waals surface area contributed by atoms with E-state index < -0.39 is 27.6 Å². The highest BCUT2D eigenvalue weighted by Crippen LogP contribution is 2.21. The van der Waals surface area contributed by atoms with Crippen molar-refractivity contribution < 1.29 is 22.7 Å². The average molecular weight is 440 g/mol. The molecule has 0 saturated carbocycles. The number of hydrogen-bond donors (Lipinski definition) is 2. The Morgan fingerprint density at radius 1 is 1.23 bits per heavy atom.